The smallest absolute Gasteiger partial charge is 0.306 e. The number of hydrogen-bond donors (Lipinski definition) is 2. The van der Waals surface area contributed by atoms with Gasteiger partial charge in [0, 0.05) is 19.1 Å². The van der Waals surface area contributed by atoms with E-state index in [-0.39, 0.29) is 11.8 Å². The first-order valence-electron chi connectivity index (χ1n) is 7.32. The Labute approximate surface area is 115 Å². The van der Waals surface area contributed by atoms with Crippen molar-refractivity contribution < 1.29 is 14.7 Å². The van der Waals surface area contributed by atoms with Gasteiger partial charge in [0.25, 0.3) is 0 Å². The highest BCUT2D eigenvalue weighted by molar-refractivity contribution is 5.79. The van der Waals surface area contributed by atoms with Gasteiger partial charge in [-0.1, -0.05) is 20.3 Å². The van der Waals surface area contributed by atoms with E-state index >= 15 is 0 Å². The molecule has 0 aromatic heterocycles. The zero-order chi connectivity index (χ0) is 14.3. The minimum atomic E-state index is -0.737. The average molecular weight is 270 g/mol. The molecule has 0 aromatic rings. The lowest BCUT2D eigenvalue weighted by molar-refractivity contribution is -0.145. The normalized spacial score (nSPS) is 18.3. The molecule has 1 rings (SSSR count). The van der Waals surface area contributed by atoms with Crippen LogP contribution in [0.4, 0.5) is 0 Å². The fourth-order valence-corrected chi connectivity index (χ4v) is 2.52. The molecule has 1 fully saturated rings. The summed E-state index contributed by atoms with van der Waals surface area (Å²) in [6.07, 6.45) is 4.39. The maximum Gasteiger partial charge on any atom is 0.306 e. The van der Waals surface area contributed by atoms with E-state index in [1.807, 2.05) is 0 Å². The highest BCUT2D eigenvalue weighted by Crippen LogP contribution is 2.17. The number of piperidine rings is 1. The monoisotopic (exact) mass is 270 g/mol. The zero-order valence-corrected chi connectivity index (χ0v) is 12.0. The molecule has 5 nitrogen and oxygen atoms in total. The highest BCUT2D eigenvalue weighted by atomic mass is 16.4. The van der Waals surface area contributed by atoms with Crippen LogP contribution < -0.4 is 5.32 Å². The van der Waals surface area contributed by atoms with Crippen molar-refractivity contribution in [2.45, 2.75) is 52.0 Å². The van der Waals surface area contributed by atoms with Crippen molar-refractivity contribution in [1.82, 2.24) is 10.2 Å². The van der Waals surface area contributed by atoms with Crippen LogP contribution in [0.5, 0.6) is 0 Å². The lowest BCUT2D eigenvalue weighted by Crippen LogP contribution is -2.45. The molecule has 5 heteroatoms. The summed E-state index contributed by atoms with van der Waals surface area (Å²) in [5.41, 5.74) is 0. The number of carboxylic acids is 1. The van der Waals surface area contributed by atoms with Gasteiger partial charge in [-0.25, -0.2) is 0 Å². The van der Waals surface area contributed by atoms with E-state index in [2.05, 4.69) is 19.2 Å². The molecule has 1 atom stereocenters. The average Bonchev–Trinajstić information content (AvgIpc) is 2.43. The SMILES string of the molecule is CCCC(CC)NCC(=O)N1CCC(C(=O)O)CC1. The summed E-state index contributed by atoms with van der Waals surface area (Å²) in [4.78, 5) is 24.6. The van der Waals surface area contributed by atoms with Crippen LogP contribution in [0.2, 0.25) is 0 Å². The Morgan fingerprint density at radius 3 is 2.42 bits per heavy atom. The molecule has 2 N–H and O–H groups in total. The van der Waals surface area contributed by atoms with Crippen LogP contribution in [0.3, 0.4) is 0 Å². The van der Waals surface area contributed by atoms with Gasteiger partial charge in [0.15, 0.2) is 0 Å². The molecule has 1 unspecified atom stereocenters. The number of carbonyl (C=O) groups is 2. The fourth-order valence-electron chi connectivity index (χ4n) is 2.52. The van der Waals surface area contributed by atoms with Crippen LogP contribution in [0.1, 0.15) is 46.0 Å². The third-order valence-electron chi connectivity index (χ3n) is 3.87. The number of carbonyl (C=O) groups excluding carboxylic acids is 1. The van der Waals surface area contributed by atoms with Crippen molar-refractivity contribution in [3.63, 3.8) is 0 Å². The number of aliphatic carboxylic acids is 1. The van der Waals surface area contributed by atoms with Crippen LogP contribution in [0, 0.1) is 5.92 Å². The number of hydrogen-bond acceptors (Lipinski definition) is 3. The second-order valence-corrected chi connectivity index (χ2v) is 5.27. The second kappa shape index (κ2) is 8.15. The number of rotatable bonds is 7. The molecule has 0 spiro atoms. The molecule has 1 saturated heterocycles. The maximum absolute atomic E-state index is 12.0. The molecule has 1 amide bonds. The van der Waals surface area contributed by atoms with Crippen molar-refractivity contribution in [1.29, 1.82) is 0 Å². The van der Waals surface area contributed by atoms with E-state index in [4.69, 9.17) is 5.11 Å². The number of nitrogens with zero attached hydrogens (tertiary/aromatic N) is 1. The van der Waals surface area contributed by atoms with Gasteiger partial charge in [0.05, 0.1) is 12.5 Å². The van der Waals surface area contributed by atoms with Crippen LogP contribution >= 0.6 is 0 Å². The highest BCUT2D eigenvalue weighted by Gasteiger charge is 2.26. The molecule has 0 saturated carbocycles. The largest absolute Gasteiger partial charge is 0.481 e. The lowest BCUT2D eigenvalue weighted by Gasteiger charge is -2.30. The summed E-state index contributed by atoms with van der Waals surface area (Å²) in [6.45, 7) is 5.78. The van der Waals surface area contributed by atoms with Crippen LogP contribution in [0.15, 0.2) is 0 Å². The van der Waals surface area contributed by atoms with Crippen LogP contribution in [-0.4, -0.2) is 47.6 Å². The third-order valence-corrected chi connectivity index (χ3v) is 3.87. The third kappa shape index (κ3) is 5.19. The molecular weight excluding hydrogens is 244 g/mol. The number of amides is 1. The van der Waals surface area contributed by atoms with Gasteiger partial charge < -0.3 is 15.3 Å². The maximum atomic E-state index is 12.0. The van der Waals surface area contributed by atoms with E-state index < -0.39 is 5.97 Å². The molecular formula is C14H26N2O3. The van der Waals surface area contributed by atoms with Gasteiger partial charge >= 0.3 is 5.97 Å². The zero-order valence-electron chi connectivity index (χ0n) is 12.0. The summed E-state index contributed by atoms with van der Waals surface area (Å²) in [6, 6.07) is 0.408. The fraction of sp³-hybridized carbons (Fsp3) is 0.857. The van der Waals surface area contributed by atoms with Gasteiger partial charge in [0.2, 0.25) is 5.91 Å². The number of likely N-dealkylation sites (tertiary alicyclic amines) is 1. The van der Waals surface area contributed by atoms with Gasteiger partial charge in [0.1, 0.15) is 0 Å². The van der Waals surface area contributed by atoms with Crippen molar-refractivity contribution in [2.75, 3.05) is 19.6 Å². The minimum absolute atomic E-state index is 0.0957. The Kier molecular flexibility index (Phi) is 6.84. The van der Waals surface area contributed by atoms with Crippen molar-refractivity contribution in [3.8, 4) is 0 Å². The van der Waals surface area contributed by atoms with Gasteiger partial charge in [-0.05, 0) is 25.7 Å². The van der Waals surface area contributed by atoms with Gasteiger partial charge in [-0.2, -0.15) is 0 Å². The summed E-state index contributed by atoms with van der Waals surface area (Å²) in [5.74, 6) is -0.918. The molecule has 1 aliphatic heterocycles. The van der Waals surface area contributed by atoms with Gasteiger partial charge in [-0.15, -0.1) is 0 Å². The molecule has 1 heterocycles. The van der Waals surface area contributed by atoms with E-state index in [1.54, 1.807) is 4.90 Å². The topological polar surface area (TPSA) is 69.6 Å². The first-order chi connectivity index (χ1) is 9.08. The molecule has 1 aliphatic rings. The first kappa shape index (κ1) is 16.0. The van der Waals surface area contributed by atoms with E-state index in [0.29, 0.717) is 38.5 Å². The predicted octanol–water partition coefficient (Wildman–Crippen LogP) is 1.48. The Hall–Kier alpha value is -1.10. The molecule has 0 radical (unpaired) electrons. The Bertz CT molecular complexity index is 299. The molecule has 110 valence electrons. The van der Waals surface area contributed by atoms with Gasteiger partial charge in [-0.3, -0.25) is 9.59 Å². The quantitative estimate of drug-likeness (QED) is 0.735. The standard InChI is InChI=1S/C14H26N2O3/c1-3-5-12(4-2)15-10-13(17)16-8-6-11(7-9-16)14(18)19/h11-12,15H,3-10H2,1-2H3,(H,18,19). The van der Waals surface area contributed by atoms with Crippen LogP contribution in [-0.2, 0) is 9.59 Å². The van der Waals surface area contributed by atoms with Crippen molar-refractivity contribution >= 4 is 11.9 Å². The van der Waals surface area contributed by atoms with E-state index in [1.165, 1.54) is 0 Å². The summed E-state index contributed by atoms with van der Waals surface area (Å²) >= 11 is 0. The van der Waals surface area contributed by atoms with E-state index in [9.17, 15) is 9.59 Å². The molecule has 0 bridgehead atoms. The molecule has 0 aromatic carbocycles. The number of carboxylic acid groups (broad SMARTS) is 1. The van der Waals surface area contributed by atoms with Crippen LogP contribution in [0.25, 0.3) is 0 Å². The Morgan fingerprint density at radius 1 is 1.32 bits per heavy atom. The lowest BCUT2D eigenvalue weighted by atomic mass is 9.97. The second-order valence-electron chi connectivity index (χ2n) is 5.27. The predicted molar refractivity (Wildman–Crippen MR) is 73.9 cm³/mol. The van der Waals surface area contributed by atoms with Crippen molar-refractivity contribution in [2.24, 2.45) is 5.92 Å². The molecule has 19 heavy (non-hydrogen) atoms. The number of nitrogens with one attached hydrogen (secondary N) is 1. The summed E-state index contributed by atoms with van der Waals surface area (Å²) in [5, 5.41) is 12.2. The summed E-state index contributed by atoms with van der Waals surface area (Å²) < 4.78 is 0. The summed E-state index contributed by atoms with van der Waals surface area (Å²) in [7, 11) is 0. The first-order valence-corrected chi connectivity index (χ1v) is 7.32. The molecule has 0 aliphatic carbocycles. The minimum Gasteiger partial charge on any atom is -0.481 e. The Balaban J connectivity index is 2.29. The Morgan fingerprint density at radius 2 is 1.95 bits per heavy atom. The van der Waals surface area contributed by atoms with Crippen molar-refractivity contribution in [3.05, 3.63) is 0 Å². The van der Waals surface area contributed by atoms with E-state index in [0.717, 1.165) is 19.3 Å².